The molecule has 1 aromatic carbocycles. The molecule has 1 aliphatic heterocycles. The van der Waals surface area contributed by atoms with Crippen LogP contribution in [0.5, 0.6) is 0 Å². The highest BCUT2D eigenvalue weighted by Crippen LogP contribution is 2.26. The zero-order valence-corrected chi connectivity index (χ0v) is 16.1. The van der Waals surface area contributed by atoms with E-state index < -0.39 is 0 Å². The topological polar surface area (TPSA) is 88.3 Å². The van der Waals surface area contributed by atoms with Crippen molar-refractivity contribution in [3.05, 3.63) is 52.9 Å². The third kappa shape index (κ3) is 3.71. The largest absolute Gasteiger partial charge is 0.360 e. The third-order valence-electron chi connectivity index (χ3n) is 4.93. The van der Waals surface area contributed by atoms with E-state index in [4.69, 9.17) is 16.1 Å². The summed E-state index contributed by atoms with van der Waals surface area (Å²) >= 11 is 6.19. The Morgan fingerprint density at radius 3 is 2.75 bits per heavy atom. The van der Waals surface area contributed by atoms with Crippen molar-refractivity contribution >= 4 is 40.1 Å². The number of hydrogen-bond donors (Lipinski definition) is 1. The van der Waals surface area contributed by atoms with Gasteiger partial charge in [0.25, 0.3) is 5.91 Å². The number of anilines is 1. The fourth-order valence-electron chi connectivity index (χ4n) is 3.49. The smallest absolute Gasteiger partial charge is 0.256 e. The van der Waals surface area contributed by atoms with Crippen LogP contribution in [-0.4, -0.2) is 39.9 Å². The molecule has 144 valence electrons. The van der Waals surface area contributed by atoms with Gasteiger partial charge in [-0.2, -0.15) is 0 Å². The number of carbonyl (C=O) groups excluding carboxylic acids is 2. The number of carbonyl (C=O) groups is 2. The van der Waals surface area contributed by atoms with E-state index in [2.05, 4.69) is 15.5 Å². The van der Waals surface area contributed by atoms with Crippen LogP contribution >= 0.6 is 11.6 Å². The predicted octanol–water partition coefficient (Wildman–Crippen LogP) is 3.68. The highest BCUT2D eigenvalue weighted by atomic mass is 35.5. The van der Waals surface area contributed by atoms with Crippen molar-refractivity contribution in [1.82, 2.24) is 15.0 Å². The zero-order valence-electron chi connectivity index (χ0n) is 15.3. The van der Waals surface area contributed by atoms with Crippen LogP contribution in [0.1, 0.15) is 29.0 Å². The van der Waals surface area contributed by atoms with Gasteiger partial charge in [0.1, 0.15) is 5.76 Å². The monoisotopic (exact) mass is 398 g/mol. The first-order chi connectivity index (χ1) is 13.5. The molecule has 1 aliphatic rings. The Balaban J connectivity index is 1.44. The SMILES string of the molecule is Cc1cc(NC(=O)C2CCN(C(=O)c3cc(Cl)cc4cccnc34)CC2)no1. The van der Waals surface area contributed by atoms with E-state index >= 15 is 0 Å². The first-order valence-corrected chi connectivity index (χ1v) is 9.47. The van der Waals surface area contributed by atoms with Gasteiger partial charge >= 0.3 is 0 Å². The molecule has 0 saturated carbocycles. The lowest BCUT2D eigenvalue weighted by molar-refractivity contribution is -0.121. The van der Waals surface area contributed by atoms with Crippen molar-refractivity contribution in [2.45, 2.75) is 19.8 Å². The lowest BCUT2D eigenvalue weighted by atomic mass is 9.95. The summed E-state index contributed by atoms with van der Waals surface area (Å²) in [5.41, 5.74) is 1.13. The number of likely N-dealkylation sites (tertiary alicyclic amines) is 1. The van der Waals surface area contributed by atoms with Crippen LogP contribution in [0.4, 0.5) is 5.82 Å². The van der Waals surface area contributed by atoms with Gasteiger partial charge in [-0.3, -0.25) is 14.6 Å². The average molecular weight is 399 g/mol. The number of hydrogen-bond acceptors (Lipinski definition) is 5. The normalized spacial score (nSPS) is 15.0. The van der Waals surface area contributed by atoms with Gasteiger partial charge in [-0.15, -0.1) is 0 Å². The summed E-state index contributed by atoms with van der Waals surface area (Å²) < 4.78 is 4.96. The Kier molecular flexibility index (Phi) is 5.00. The number of amides is 2. The van der Waals surface area contributed by atoms with Gasteiger partial charge in [0.15, 0.2) is 5.82 Å². The number of aromatic nitrogens is 2. The summed E-state index contributed by atoms with van der Waals surface area (Å²) in [6.07, 6.45) is 2.83. The molecule has 8 heteroatoms. The molecular weight excluding hydrogens is 380 g/mol. The number of halogens is 1. The lowest BCUT2D eigenvalue weighted by Crippen LogP contribution is -2.41. The summed E-state index contributed by atoms with van der Waals surface area (Å²) in [4.78, 5) is 31.6. The van der Waals surface area contributed by atoms with Gasteiger partial charge in [0.05, 0.1) is 11.1 Å². The van der Waals surface area contributed by atoms with E-state index in [9.17, 15) is 9.59 Å². The van der Waals surface area contributed by atoms with E-state index in [0.29, 0.717) is 53.6 Å². The highest BCUT2D eigenvalue weighted by molar-refractivity contribution is 6.32. The fourth-order valence-corrected chi connectivity index (χ4v) is 3.71. The maximum Gasteiger partial charge on any atom is 0.256 e. The van der Waals surface area contributed by atoms with Gasteiger partial charge in [0, 0.05) is 41.7 Å². The second kappa shape index (κ2) is 7.59. The van der Waals surface area contributed by atoms with Crippen LogP contribution < -0.4 is 5.32 Å². The molecule has 1 fully saturated rings. The molecule has 7 nitrogen and oxygen atoms in total. The molecule has 2 aromatic heterocycles. The molecule has 3 heterocycles. The van der Waals surface area contributed by atoms with Crippen LogP contribution in [0.2, 0.25) is 5.02 Å². The molecule has 28 heavy (non-hydrogen) atoms. The summed E-state index contributed by atoms with van der Waals surface area (Å²) in [6.45, 7) is 2.76. The first-order valence-electron chi connectivity index (χ1n) is 9.09. The van der Waals surface area contributed by atoms with Crippen LogP contribution in [0.3, 0.4) is 0 Å². The Morgan fingerprint density at radius 1 is 1.25 bits per heavy atom. The Bertz CT molecular complexity index is 1040. The molecule has 0 spiro atoms. The van der Waals surface area contributed by atoms with Crippen LogP contribution in [-0.2, 0) is 4.79 Å². The van der Waals surface area contributed by atoms with Crippen molar-refractivity contribution in [3.63, 3.8) is 0 Å². The van der Waals surface area contributed by atoms with Crippen molar-refractivity contribution in [3.8, 4) is 0 Å². The zero-order chi connectivity index (χ0) is 19.7. The second-order valence-electron chi connectivity index (χ2n) is 6.91. The molecule has 0 aliphatic carbocycles. The minimum absolute atomic E-state index is 0.102. The molecule has 0 unspecified atom stereocenters. The summed E-state index contributed by atoms with van der Waals surface area (Å²) in [5, 5.41) is 7.87. The van der Waals surface area contributed by atoms with Crippen LogP contribution in [0, 0.1) is 12.8 Å². The predicted molar refractivity (Wildman–Crippen MR) is 105 cm³/mol. The summed E-state index contributed by atoms with van der Waals surface area (Å²) in [6, 6.07) is 8.82. The maximum atomic E-state index is 13.0. The number of piperidine rings is 1. The van der Waals surface area contributed by atoms with Crippen molar-refractivity contribution in [1.29, 1.82) is 0 Å². The fraction of sp³-hybridized carbons (Fsp3) is 0.300. The van der Waals surface area contributed by atoms with Crippen molar-refractivity contribution in [2.24, 2.45) is 5.92 Å². The minimum Gasteiger partial charge on any atom is -0.360 e. The second-order valence-corrected chi connectivity index (χ2v) is 7.34. The Morgan fingerprint density at radius 2 is 2.04 bits per heavy atom. The lowest BCUT2D eigenvalue weighted by Gasteiger charge is -2.31. The van der Waals surface area contributed by atoms with Gasteiger partial charge < -0.3 is 14.7 Å². The number of nitrogens with one attached hydrogen (secondary N) is 1. The molecule has 0 bridgehead atoms. The third-order valence-corrected chi connectivity index (χ3v) is 5.15. The van der Waals surface area contributed by atoms with Gasteiger partial charge in [-0.1, -0.05) is 22.8 Å². The number of benzene rings is 1. The van der Waals surface area contributed by atoms with Crippen LogP contribution in [0.15, 0.2) is 41.1 Å². The Hall–Kier alpha value is -2.93. The number of aryl methyl sites for hydroxylation is 1. The van der Waals surface area contributed by atoms with E-state index in [-0.39, 0.29) is 17.7 Å². The van der Waals surface area contributed by atoms with E-state index in [1.54, 1.807) is 36.2 Å². The molecule has 1 saturated heterocycles. The number of rotatable bonds is 3. The van der Waals surface area contributed by atoms with Gasteiger partial charge in [-0.25, -0.2) is 0 Å². The molecule has 3 aromatic rings. The minimum atomic E-state index is -0.171. The molecule has 0 radical (unpaired) electrons. The van der Waals surface area contributed by atoms with E-state index in [1.807, 2.05) is 12.1 Å². The Labute approximate surface area is 166 Å². The van der Waals surface area contributed by atoms with Gasteiger partial charge in [-0.05, 0) is 38.0 Å². The first kappa shape index (κ1) is 18.4. The molecule has 1 N–H and O–H groups in total. The quantitative estimate of drug-likeness (QED) is 0.727. The summed E-state index contributed by atoms with van der Waals surface area (Å²) in [7, 11) is 0. The van der Waals surface area contributed by atoms with E-state index in [1.165, 1.54) is 0 Å². The maximum absolute atomic E-state index is 13.0. The summed E-state index contributed by atoms with van der Waals surface area (Å²) in [5.74, 6) is 0.665. The molecule has 2 amide bonds. The number of pyridine rings is 1. The standard InChI is InChI=1S/C20H19ClN4O3/c1-12-9-17(24-28-12)23-19(26)13-4-7-25(8-5-13)20(27)16-11-15(21)10-14-3-2-6-22-18(14)16/h2-3,6,9-11,13H,4-5,7-8H2,1H3,(H,23,24,26). The van der Waals surface area contributed by atoms with Crippen LogP contribution in [0.25, 0.3) is 10.9 Å². The molecule has 0 atom stereocenters. The van der Waals surface area contributed by atoms with Crippen molar-refractivity contribution < 1.29 is 14.1 Å². The highest BCUT2D eigenvalue weighted by Gasteiger charge is 2.29. The molecule has 4 rings (SSSR count). The average Bonchev–Trinajstić information content (AvgIpc) is 3.11. The molecular formula is C20H19ClN4O3. The van der Waals surface area contributed by atoms with Crippen molar-refractivity contribution in [2.75, 3.05) is 18.4 Å². The number of fused-ring (bicyclic) bond motifs is 1. The number of nitrogens with zero attached hydrogens (tertiary/aromatic N) is 3. The van der Waals surface area contributed by atoms with Gasteiger partial charge in [0.2, 0.25) is 5.91 Å². The van der Waals surface area contributed by atoms with E-state index in [0.717, 1.165) is 5.39 Å².